The van der Waals surface area contributed by atoms with Crippen molar-refractivity contribution < 1.29 is 18.7 Å². The molecule has 0 saturated heterocycles. The summed E-state index contributed by atoms with van der Waals surface area (Å²) >= 11 is 5.89. The molecule has 3 rings (SSSR count). The van der Waals surface area contributed by atoms with Crippen LogP contribution in [0, 0.1) is 0 Å². The third-order valence-corrected chi connectivity index (χ3v) is 3.93. The number of anilines is 1. The molecular formula is C18H18ClN3O4. The van der Waals surface area contributed by atoms with Crippen molar-refractivity contribution in [3.05, 3.63) is 47.3 Å². The molecule has 0 aliphatic carbocycles. The summed E-state index contributed by atoms with van der Waals surface area (Å²) in [7, 11) is 4.69. The Kier molecular flexibility index (Phi) is 5.48. The second kappa shape index (κ2) is 7.97. The summed E-state index contributed by atoms with van der Waals surface area (Å²) in [6.07, 6.45) is 0. The molecule has 8 heteroatoms. The van der Waals surface area contributed by atoms with Crippen molar-refractivity contribution in [2.75, 3.05) is 26.6 Å². The molecule has 1 heterocycles. The molecule has 7 nitrogen and oxygen atoms in total. The smallest absolute Gasteiger partial charge is 0.246 e. The van der Waals surface area contributed by atoms with Crippen molar-refractivity contribution in [2.24, 2.45) is 0 Å². The van der Waals surface area contributed by atoms with E-state index < -0.39 is 0 Å². The number of nitrogens with one attached hydrogen (secondary N) is 1. The van der Waals surface area contributed by atoms with Crippen molar-refractivity contribution in [3.8, 4) is 28.6 Å². The van der Waals surface area contributed by atoms with Crippen LogP contribution in [0.15, 0.2) is 40.9 Å². The second-order valence-electron chi connectivity index (χ2n) is 5.29. The quantitative estimate of drug-likeness (QED) is 0.667. The zero-order valence-electron chi connectivity index (χ0n) is 14.6. The molecule has 0 radical (unpaired) electrons. The Labute approximate surface area is 155 Å². The van der Waals surface area contributed by atoms with Gasteiger partial charge in [0.15, 0.2) is 11.5 Å². The summed E-state index contributed by atoms with van der Waals surface area (Å²) in [6, 6.07) is 10.8. The lowest BCUT2D eigenvalue weighted by atomic mass is 10.2. The minimum Gasteiger partial charge on any atom is -0.493 e. The number of hydrogen-bond donors (Lipinski definition) is 1. The van der Waals surface area contributed by atoms with Crippen LogP contribution in [0.3, 0.4) is 0 Å². The minimum absolute atomic E-state index is 0.346. The van der Waals surface area contributed by atoms with Crippen LogP contribution in [-0.4, -0.2) is 31.5 Å². The fourth-order valence-electron chi connectivity index (χ4n) is 2.40. The molecule has 136 valence electrons. The fourth-order valence-corrected chi connectivity index (χ4v) is 2.53. The first-order valence-electron chi connectivity index (χ1n) is 7.77. The lowest BCUT2D eigenvalue weighted by molar-refractivity contribution is 0.324. The number of benzene rings is 2. The van der Waals surface area contributed by atoms with Gasteiger partial charge >= 0.3 is 0 Å². The number of hydrogen-bond acceptors (Lipinski definition) is 7. The van der Waals surface area contributed by atoms with E-state index in [1.54, 1.807) is 45.6 Å². The van der Waals surface area contributed by atoms with E-state index in [0.29, 0.717) is 40.5 Å². The Bertz CT molecular complexity index is 855. The standard InChI is InChI=1S/C18H18ClN3O4/c1-23-14-8-13(9-15(24-2)17(14)25-3)20-10-16-21-18(22-26-16)11-4-6-12(19)7-5-11/h4-9,20H,10H2,1-3H3. The number of methoxy groups -OCH3 is 3. The zero-order chi connectivity index (χ0) is 18.5. The fraction of sp³-hybridized carbons (Fsp3) is 0.222. The van der Waals surface area contributed by atoms with Gasteiger partial charge in [-0.3, -0.25) is 0 Å². The van der Waals surface area contributed by atoms with Gasteiger partial charge in [-0.1, -0.05) is 16.8 Å². The second-order valence-corrected chi connectivity index (χ2v) is 5.72. The van der Waals surface area contributed by atoms with Crippen molar-refractivity contribution in [1.29, 1.82) is 0 Å². The highest BCUT2D eigenvalue weighted by atomic mass is 35.5. The van der Waals surface area contributed by atoms with E-state index in [4.69, 9.17) is 30.3 Å². The molecule has 0 aliphatic heterocycles. The SMILES string of the molecule is COc1cc(NCc2nc(-c3ccc(Cl)cc3)no2)cc(OC)c1OC. The molecule has 0 bridgehead atoms. The maximum atomic E-state index is 5.89. The van der Waals surface area contributed by atoms with Gasteiger partial charge in [0.05, 0.1) is 27.9 Å². The Morgan fingerprint density at radius 1 is 1.00 bits per heavy atom. The highest BCUT2D eigenvalue weighted by molar-refractivity contribution is 6.30. The maximum absolute atomic E-state index is 5.89. The summed E-state index contributed by atoms with van der Waals surface area (Å²) in [6.45, 7) is 0.346. The van der Waals surface area contributed by atoms with Crippen LogP contribution in [0.2, 0.25) is 5.02 Å². The topological polar surface area (TPSA) is 78.6 Å². The molecule has 0 aliphatic rings. The van der Waals surface area contributed by atoms with Crippen LogP contribution in [0.25, 0.3) is 11.4 Å². The van der Waals surface area contributed by atoms with Gasteiger partial charge in [-0.15, -0.1) is 0 Å². The molecule has 0 amide bonds. The van der Waals surface area contributed by atoms with Crippen molar-refractivity contribution in [3.63, 3.8) is 0 Å². The molecule has 1 aromatic heterocycles. The molecule has 0 fully saturated rings. The van der Waals surface area contributed by atoms with Crippen LogP contribution in [0.4, 0.5) is 5.69 Å². The molecule has 1 N–H and O–H groups in total. The normalized spacial score (nSPS) is 10.5. The first kappa shape index (κ1) is 17.9. The average molecular weight is 376 g/mol. The lowest BCUT2D eigenvalue weighted by Gasteiger charge is -2.14. The van der Waals surface area contributed by atoms with Crippen LogP contribution in [-0.2, 0) is 6.54 Å². The van der Waals surface area contributed by atoms with E-state index in [1.165, 1.54) is 0 Å². The van der Waals surface area contributed by atoms with Crippen molar-refractivity contribution in [1.82, 2.24) is 10.1 Å². The van der Waals surface area contributed by atoms with E-state index in [1.807, 2.05) is 12.1 Å². The molecule has 0 unspecified atom stereocenters. The van der Waals surface area contributed by atoms with Crippen molar-refractivity contribution >= 4 is 17.3 Å². The van der Waals surface area contributed by atoms with Crippen LogP contribution >= 0.6 is 11.6 Å². The van der Waals surface area contributed by atoms with Gasteiger partial charge in [0.2, 0.25) is 17.5 Å². The predicted octanol–water partition coefficient (Wildman–Crippen LogP) is 4.03. The molecular weight excluding hydrogens is 358 g/mol. The first-order valence-corrected chi connectivity index (χ1v) is 8.14. The minimum atomic E-state index is 0.346. The molecule has 0 saturated carbocycles. The summed E-state index contributed by atoms with van der Waals surface area (Å²) in [5, 5.41) is 7.84. The number of halogens is 1. The molecule has 2 aromatic carbocycles. The number of nitrogens with zero attached hydrogens (tertiary/aromatic N) is 2. The number of ether oxygens (including phenoxy) is 3. The zero-order valence-corrected chi connectivity index (χ0v) is 15.3. The summed E-state index contributed by atoms with van der Waals surface area (Å²) in [4.78, 5) is 4.37. The highest BCUT2D eigenvalue weighted by Crippen LogP contribution is 2.40. The van der Waals surface area contributed by atoms with Gasteiger partial charge < -0.3 is 24.1 Å². The van der Waals surface area contributed by atoms with E-state index in [0.717, 1.165) is 11.3 Å². The number of rotatable bonds is 7. The van der Waals surface area contributed by atoms with Gasteiger partial charge in [-0.25, -0.2) is 0 Å². The molecule has 3 aromatic rings. The molecule has 0 spiro atoms. The van der Waals surface area contributed by atoms with Crippen LogP contribution < -0.4 is 19.5 Å². The lowest BCUT2D eigenvalue weighted by Crippen LogP contribution is -2.02. The predicted molar refractivity (Wildman–Crippen MR) is 98.2 cm³/mol. The highest BCUT2D eigenvalue weighted by Gasteiger charge is 2.14. The van der Waals surface area contributed by atoms with E-state index >= 15 is 0 Å². The third kappa shape index (κ3) is 3.83. The van der Waals surface area contributed by atoms with Crippen molar-refractivity contribution in [2.45, 2.75) is 6.54 Å². The number of aromatic nitrogens is 2. The Balaban J connectivity index is 1.74. The summed E-state index contributed by atoms with van der Waals surface area (Å²) in [5.41, 5.74) is 1.60. The summed E-state index contributed by atoms with van der Waals surface area (Å²) in [5.74, 6) is 2.60. The van der Waals surface area contributed by atoms with E-state index in [9.17, 15) is 0 Å². The summed E-state index contributed by atoms with van der Waals surface area (Å²) < 4.78 is 21.3. The van der Waals surface area contributed by atoms with Crippen LogP contribution in [0.1, 0.15) is 5.89 Å². The monoisotopic (exact) mass is 375 g/mol. The Morgan fingerprint density at radius 3 is 2.23 bits per heavy atom. The van der Waals surface area contributed by atoms with Gasteiger partial charge in [-0.05, 0) is 24.3 Å². The van der Waals surface area contributed by atoms with Gasteiger partial charge in [-0.2, -0.15) is 4.98 Å². The molecule has 0 atom stereocenters. The average Bonchev–Trinajstić information content (AvgIpc) is 3.15. The third-order valence-electron chi connectivity index (χ3n) is 3.68. The van der Waals surface area contributed by atoms with E-state index in [2.05, 4.69) is 15.5 Å². The Morgan fingerprint density at radius 2 is 1.65 bits per heavy atom. The maximum Gasteiger partial charge on any atom is 0.246 e. The Hall–Kier alpha value is -2.93. The first-order chi connectivity index (χ1) is 12.6. The van der Waals surface area contributed by atoms with Gasteiger partial charge in [0.1, 0.15) is 0 Å². The molecule has 26 heavy (non-hydrogen) atoms. The largest absolute Gasteiger partial charge is 0.493 e. The van der Waals surface area contributed by atoms with Gasteiger partial charge in [0, 0.05) is 28.4 Å². The van der Waals surface area contributed by atoms with Crippen LogP contribution in [0.5, 0.6) is 17.2 Å². The van der Waals surface area contributed by atoms with E-state index in [-0.39, 0.29) is 0 Å². The van der Waals surface area contributed by atoms with Gasteiger partial charge in [0.25, 0.3) is 0 Å².